The van der Waals surface area contributed by atoms with Crippen molar-refractivity contribution in [3.05, 3.63) is 53.6 Å². The molecule has 0 spiro atoms. The van der Waals surface area contributed by atoms with Crippen molar-refractivity contribution in [3.8, 4) is 5.75 Å². The molecule has 0 aliphatic carbocycles. The number of nitrogens with zero attached hydrogens (tertiary/aromatic N) is 1. The van der Waals surface area contributed by atoms with E-state index in [-0.39, 0.29) is 18.2 Å². The van der Waals surface area contributed by atoms with E-state index in [4.69, 9.17) is 4.74 Å². The highest BCUT2D eigenvalue weighted by atomic mass is 16.5. The summed E-state index contributed by atoms with van der Waals surface area (Å²) in [6, 6.07) is 12.4. The smallest absolute Gasteiger partial charge is 0.256 e. The lowest BCUT2D eigenvalue weighted by Crippen LogP contribution is -2.35. The van der Waals surface area contributed by atoms with Crippen LogP contribution >= 0.6 is 0 Å². The first kappa shape index (κ1) is 16.1. The largest absolute Gasteiger partial charge is 0.497 e. The Hall–Kier alpha value is -2.82. The predicted molar refractivity (Wildman–Crippen MR) is 93.4 cm³/mol. The molecule has 1 saturated heterocycles. The van der Waals surface area contributed by atoms with E-state index in [1.807, 2.05) is 32.0 Å². The summed E-state index contributed by atoms with van der Waals surface area (Å²) in [5.41, 5.74) is 3.55. The molecule has 0 aromatic heterocycles. The normalized spacial score (nSPS) is 17.3. The molecule has 2 aromatic carbocycles. The average molecular weight is 324 g/mol. The zero-order valence-corrected chi connectivity index (χ0v) is 14.0. The molecule has 0 bridgehead atoms. The fraction of sp³-hybridized carbons (Fsp3) is 0.263. The van der Waals surface area contributed by atoms with Crippen molar-refractivity contribution in [2.24, 2.45) is 0 Å². The molecule has 124 valence electrons. The average Bonchev–Trinajstić information content (AvgIpc) is 2.85. The van der Waals surface area contributed by atoms with Gasteiger partial charge in [-0.2, -0.15) is 0 Å². The maximum Gasteiger partial charge on any atom is 0.256 e. The number of nitrogens with one attached hydrogen (secondary N) is 1. The van der Waals surface area contributed by atoms with Gasteiger partial charge in [-0.1, -0.05) is 24.3 Å². The number of amides is 2. The predicted octanol–water partition coefficient (Wildman–Crippen LogP) is 3.06. The van der Waals surface area contributed by atoms with Gasteiger partial charge in [-0.15, -0.1) is 0 Å². The molecule has 0 saturated carbocycles. The second-order valence-corrected chi connectivity index (χ2v) is 5.94. The molecule has 3 rings (SSSR count). The fourth-order valence-electron chi connectivity index (χ4n) is 2.98. The molecule has 1 aliphatic rings. The van der Waals surface area contributed by atoms with Crippen LogP contribution in [-0.4, -0.2) is 25.0 Å². The Morgan fingerprint density at radius 2 is 1.75 bits per heavy atom. The van der Waals surface area contributed by atoms with Crippen LogP contribution in [0.15, 0.2) is 42.5 Å². The number of carbonyl (C=O) groups excluding carboxylic acids is 2. The molecule has 2 aromatic rings. The first-order valence-electron chi connectivity index (χ1n) is 7.85. The Labute approximate surface area is 141 Å². The highest BCUT2D eigenvalue weighted by Crippen LogP contribution is 2.29. The van der Waals surface area contributed by atoms with Crippen molar-refractivity contribution >= 4 is 23.2 Å². The van der Waals surface area contributed by atoms with E-state index in [2.05, 4.69) is 5.32 Å². The number of hydrogen-bond acceptors (Lipinski definition) is 4. The summed E-state index contributed by atoms with van der Waals surface area (Å²) in [5.74, 6) is 0.159. The van der Waals surface area contributed by atoms with E-state index in [1.54, 1.807) is 31.4 Å². The summed E-state index contributed by atoms with van der Waals surface area (Å²) >= 11 is 0. The lowest BCUT2D eigenvalue weighted by molar-refractivity contribution is -0.121. The third-order valence-electron chi connectivity index (χ3n) is 4.26. The SMILES string of the molecule is COc1cccc(N2C(=O)C[C@@H](Nc3c(C)cccc3C)C2=O)c1. The number of aryl methyl sites for hydroxylation is 2. The number of imide groups is 1. The number of hydrogen-bond donors (Lipinski definition) is 1. The Bertz CT molecular complexity index is 781. The quantitative estimate of drug-likeness (QED) is 0.878. The molecule has 2 amide bonds. The molecule has 5 nitrogen and oxygen atoms in total. The van der Waals surface area contributed by atoms with Gasteiger partial charge in [0.15, 0.2) is 0 Å². The molecule has 1 aliphatic heterocycles. The number of ether oxygens (including phenoxy) is 1. The lowest BCUT2D eigenvalue weighted by atomic mass is 10.1. The molecule has 0 unspecified atom stereocenters. The van der Waals surface area contributed by atoms with Gasteiger partial charge in [0.25, 0.3) is 5.91 Å². The molecule has 1 fully saturated rings. The number of methoxy groups -OCH3 is 1. The molecule has 0 radical (unpaired) electrons. The molecular weight excluding hydrogens is 304 g/mol. The minimum Gasteiger partial charge on any atom is -0.497 e. The number of anilines is 2. The Morgan fingerprint density at radius 3 is 2.42 bits per heavy atom. The maximum atomic E-state index is 12.7. The number of carbonyl (C=O) groups is 2. The zero-order chi connectivity index (χ0) is 17.3. The maximum absolute atomic E-state index is 12.7. The van der Waals surface area contributed by atoms with Gasteiger partial charge in [0, 0.05) is 11.8 Å². The van der Waals surface area contributed by atoms with Gasteiger partial charge in [-0.3, -0.25) is 9.59 Å². The van der Waals surface area contributed by atoms with E-state index in [1.165, 1.54) is 4.90 Å². The van der Waals surface area contributed by atoms with Crippen molar-refractivity contribution < 1.29 is 14.3 Å². The summed E-state index contributed by atoms with van der Waals surface area (Å²) in [6.45, 7) is 3.97. The van der Waals surface area contributed by atoms with E-state index < -0.39 is 6.04 Å². The summed E-state index contributed by atoms with van der Waals surface area (Å²) in [7, 11) is 1.55. The zero-order valence-electron chi connectivity index (χ0n) is 14.0. The van der Waals surface area contributed by atoms with Gasteiger partial charge in [-0.05, 0) is 37.1 Å². The van der Waals surface area contributed by atoms with Crippen LogP contribution in [0, 0.1) is 13.8 Å². The molecule has 5 heteroatoms. The number of benzene rings is 2. The minimum atomic E-state index is -0.552. The van der Waals surface area contributed by atoms with Gasteiger partial charge >= 0.3 is 0 Å². The van der Waals surface area contributed by atoms with Crippen molar-refractivity contribution in [2.75, 3.05) is 17.3 Å². The third kappa shape index (κ3) is 2.85. The molecule has 24 heavy (non-hydrogen) atoms. The number of rotatable bonds is 4. The summed E-state index contributed by atoms with van der Waals surface area (Å²) in [4.78, 5) is 26.4. The standard InChI is InChI=1S/C19H20N2O3/c1-12-6-4-7-13(2)18(12)20-16-11-17(22)21(19(16)23)14-8-5-9-15(10-14)24-3/h4-10,16,20H,11H2,1-3H3/t16-/m1/s1. The van der Waals surface area contributed by atoms with Crippen LogP contribution in [0.4, 0.5) is 11.4 Å². The Balaban J connectivity index is 1.86. The first-order valence-corrected chi connectivity index (χ1v) is 7.85. The Morgan fingerprint density at radius 1 is 1.08 bits per heavy atom. The summed E-state index contributed by atoms with van der Waals surface area (Å²) in [5, 5.41) is 3.24. The van der Waals surface area contributed by atoms with Gasteiger partial charge in [-0.25, -0.2) is 4.90 Å². The van der Waals surface area contributed by atoms with E-state index in [0.717, 1.165) is 16.8 Å². The van der Waals surface area contributed by atoms with E-state index >= 15 is 0 Å². The van der Waals surface area contributed by atoms with Crippen molar-refractivity contribution in [1.82, 2.24) is 0 Å². The van der Waals surface area contributed by atoms with Gasteiger partial charge < -0.3 is 10.1 Å². The van der Waals surface area contributed by atoms with Crippen LogP contribution in [0.5, 0.6) is 5.75 Å². The Kier molecular flexibility index (Phi) is 4.25. The highest BCUT2D eigenvalue weighted by Gasteiger charge is 2.40. The van der Waals surface area contributed by atoms with E-state index in [0.29, 0.717) is 11.4 Å². The fourth-order valence-corrected chi connectivity index (χ4v) is 2.98. The molecule has 1 atom stereocenters. The van der Waals surface area contributed by atoms with Crippen molar-refractivity contribution in [2.45, 2.75) is 26.3 Å². The third-order valence-corrected chi connectivity index (χ3v) is 4.26. The van der Waals surface area contributed by atoms with Crippen molar-refractivity contribution in [3.63, 3.8) is 0 Å². The molecule has 1 heterocycles. The van der Waals surface area contributed by atoms with Gasteiger partial charge in [0.2, 0.25) is 5.91 Å². The van der Waals surface area contributed by atoms with Crippen LogP contribution in [0.25, 0.3) is 0 Å². The lowest BCUT2D eigenvalue weighted by Gasteiger charge is -2.18. The van der Waals surface area contributed by atoms with Crippen LogP contribution in [0.3, 0.4) is 0 Å². The van der Waals surface area contributed by atoms with Crippen LogP contribution < -0.4 is 15.0 Å². The summed E-state index contributed by atoms with van der Waals surface area (Å²) < 4.78 is 5.17. The van der Waals surface area contributed by atoms with Crippen molar-refractivity contribution in [1.29, 1.82) is 0 Å². The second kappa shape index (κ2) is 6.35. The minimum absolute atomic E-state index is 0.143. The van der Waals surface area contributed by atoms with Crippen LogP contribution in [-0.2, 0) is 9.59 Å². The topological polar surface area (TPSA) is 58.6 Å². The monoisotopic (exact) mass is 324 g/mol. The van der Waals surface area contributed by atoms with Gasteiger partial charge in [0.05, 0.1) is 19.2 Å². The highest BCUT2D eigenvalue weighted by molar-refractivity contribution is 6.23. The second-order valence-electron chi connectivity index (χ2n) is 5.94. The van der Waals surface area contributed by atoms with Crippen LogP contribution in [0.1, 0.15) is 17.5 Å². The molecular formula is C19H20N2O3. The molecule has 1 N–H and O–H groups in total. The first-order chi connectivity index (χ1) is 11.5. The summed E-state index contributed by atoms with van der Waals surface area (Å²) in [6.07, 6.45) is 0.143. The van der Waals surface area contributed by atoms with E-state index in [9.17, 15) is 9.59 Å². The van der Waals surface area contributed by atoms with Crippen LogP contribution in [0.2, 0.25) is 0 Å². The number of para-hydroxylation sites is 1. The van der Waals surface area contributed by atoms with Gasteiger partial charge in [0.1, 0.15) is 11.8 Å².